The number of nitrogens with zero attached hydrogens (tertiary/aromatic N) is 2. The Bertz CT molecular complexity index is 658. The monoisotopic (exact) mass is 325 g/mol. The van der Waals surface area contributed by atoms with Crippen LogP contribution in [0.5, 0.6) is 0 Å². The number of rotatable bonds is 6. The van der Waals surface area contributed by atoms with Gasteiger partial charge in [-0.05, 0) is 31.5 Å². The van der Waals surface area contributed by atoms with E-state index in [0.29, 0.717) is 11.6 Å². The van der Waals surface area contributed by atoms with Gasteiger partial charge in [-0.1, -0.05) is 30.3 Å². The lowest BCUT2D eigenvalue weighted by Crippen LogP contribution is -2.39. The molecule has 126 valence electrons. The molecular weight excluding hydrogens is 302 g/mol. The molecule has 3 N–H and O–H groups in total. The van der Waals surface area contributed by atoms with E-state index in [1.807, 2.05) is 25.1 Å². The van der Waals surface area contributed by atoms with Gasteiger partial charge >= 0.3 is 0 Å². The molecule has 0 fully saturated rings. The van der Waals surface area contributed by atoms with Crippen molar-refractivity contribution in [2.75, 3.05) is 18.4 Å². The molecule has 1 aromatic heterocycles. The fraction of sp³-hybridized carbons (Fsp3) is 0.278. The molecule has 6 nitrogen and oxygen atoms in total. The lowest BCUT2D eigenvalue weighted by molar-refractivity contribution is -0.114. The molecule has 6 heteroatoms. The zero-order valence-corrected chi connectivity index (χ0v) is 14.0. The summed E-state index contributed by atoms with van der Waals surface area (Å²) in [5.41, 5.74) is 1.82. The first kappa shape index (κ1) is 17.5. The SMILES string of the molecule is CCNC(=NCC(=O)Nc1cccnc1)NC(C)c1ccccc1. The van der Waals surface area contributed by atoms with Gasteiger partial charge in [0, 0.05) is 12.7 Å². The van der Waals surface area contributed by atoms with Gasteiger partial charge in [-0.25, -0.2) is 4.99 Å². The fourth-order valence-corrected chi connectivity index (χ4v) is 2.14. The highest BCUT2D eigenvalue weighted by Crippen LogP contribution is 2.10. The third kappa shape index (κ3) is 5.72. The van der Waals surface area contributed by atoms with Crippen molar-refractivity contribution in [1.82, 2.24) is 15.6 Å². The molecule has 24 heavy (non-hydrogen) atoms. The number of aromatic nitrogens is 1. The standard InChI is InChI=1S/C18H23N5O/c1-3-20-18(22-14(2)15-8-5-4-6-9-15)21-13-17(24)23-16-10-7-11-19-12-16/h4-12,14H,3,13H2,1-2H3,(H,23,24)(H2,20,21,22). The maximum atomic E-state index is 12.0. The number of guanidine groups is 1. The van der Waals surface area contributed by atoms with Crippen LogP contribution in [0.1, 0.15) is 25.5 Å². The van der Waals surface area contributed by atoms with Crippen LogP contribution in [-0.2, 0) is 4.79 Å². The third-order valence-electron chi connectivity index (χ3n) is 3.32. The number of anilines is 1. The van der Waals surface area contributed by atoms with Crippen LogP contribution in [0.2, 0.25) is 0 Å². The molecule has 0 spiro atoms. The Morgan fingerprint density at radius 1 is 1.21 bits per heavy atom. The van der Waals surface area contributed by atoms with E-state index in [9.17, 15) is 4.79 Å². The number of hydrogen-bond donors (Lipinski definition) is 3. The number of aliphatic imine (C=N–C) groups is 1. The average Bonchev–Trinajstić information content (AvgIpc) is 2.61. The van der Waals surface area contributed by atoms with Crippen LogP contribution in [0.25, 0.3) is 0 Å². The number of pyridine rings is 1. The Hall–Kier alpha value is -2.89. The molecular formula is C18H23N5O. The summed E-state index contributed by atoms with van der Waals surface area (Å²) in [4.78, 5) is 20.3. The van der Waals surface area contributed by atoms with Gasteiger partial charge in [0.25, 0.3) is 0 Å². The van der Waals surface area contributed by atoms with Crippen LogP contribution in [-0.4, -0.2) is 29.9 Å². The van der Waals surface area contributed by atoms with E-state index in [1.165, 1.54) is 0 Å². The second kappa shape index (κ2) is 9.29. The first-order chi connectivity index (χ1) is 11.7. The molecule has 2 rings (SSSR count). The highest BCUT2D eigenvalue weighted by atomic mass is 16.1. The van der Waals surface area contributed by atoms with E-state index in [2.05, 4.69) is 45.0 Å². The molecule has 0 saturated heterocycles. The second-order valence-electron chi connectivity index (χ2n) is 5.26. The maximum absolute atomic E-state index is 12.0. The van der Waals surface area contributed by atoms with Crippen molar-refractivity contribution in [2.24, 2.45) is 4.99 Å². The van der Waals surface area contributed by atoms with Crippen molar-refractivity contribution in [3.05, 3.63) is 60.4 Å². The lowest BCUT2D eigenvalue weighted by atomic mass is 10.1. The Balaban J connectivity index is 1.93. The quantitative estimate of drug-likeness (QED) is 0.563. The van der Waals surface area contributed by atoms with Crippen LogP contribution in [0.15, 0.2) is 59.9 Å². The van der Waals surface area contributed by atoms with E-state index in [4.69, 9.17) is 0 Å². The van der Waals surface area contributed by atoms with Gasteiger partial charge in [0.1, 0.15) is 6.54 Å². The van der Waals surface area contributed by atoms with Crippen LogP contribution in [0.3, 0.4) is 0 Å². The first-order valence-corrected chi connectivity index (χ1v) is 7.98. The highest BCUT2D eigenvalue weighted by Gasteiger charge is 2.08. The van der Waals surface area contributed by atoms with Crippen LogP contribution in [0.4, 0.5) is 5.69 Å². The van der Waals surface area contributed by atoms with Crippen LogP contribution in [0, 0.1) is 0 Å². The second-order valence-corrected chi connectivity index (χ2v) is 5.26. The molecule has 1 unspecified atom stereocenters. The summed E-state index contributed by atoms with van der Waals surface area (Å²) in [7, 11) is 0. The number of hydrogen-bond acceptors (Lipinski definition) is 3. The van der Waals surface area contributed by atoms with Gasteiger partial charge in [-0.2, -0.15) is 0 Å². The van der Waals surface area contributed by atoms with E-state index >= 15 is 0 Å². The predicted octanol–water partition coefficient (Wildman–Crippen LogP) is 2.34. The van der Waals surface area contributed by atoms with E-state index in [1.54, 1.807) is 24.5 Å². The lowest BCUT2D eigenvalue weighted by Gasteiger charge is -2.18. The minimum atomic E-state index is -0.187. The molecule has 1 aromatic carbocycles. The molecule has 0 radical (unpaired) electrons. The van der Waals surface area contributed by atoms with Crippen molar-refractivity contribution < 1.29 is 4.79 Å². The predicted molar refractivity (Wildman–Crippen MR) is 96.8 cm³/mol. The zero-order chi connectivity index (χ0) is 17.2. The molecule has 0 aliphatic rings. The van der Waals surface area contributed by atoms with E-state index in [-0.39, 0.29) is 18.5 Å². The molecule has 1 atom stereocenters. The summed E-state index contributed by atoms with van der Waals surface area (Å²) >= 11 is 0. The fourth-order valence-electron chi connectivity index (χ4n) is 2.14. The largest absolute Gasteiger partial charge is 0.357 e. The third-order valence-corrected chi connectivity index (χ3v) is 3.32. The number of carbonyl (C=O) groups excluding carboxylic acids is 1. The van der Waals surface area contributed by atoms with Crippen molar-refractivity contribution in [3.63, 3.8) is 0 Å². The Morgan fingerprint density at radius 3 is 2.67 bits per heavy atom. The van der Waals surface area contributed by atoms with Gasteiger partial charge < -0.3 is 16.0 Å². The number of carbonyl (C=O) groups is 1. The topological polar surface area (TPSA) is 78.4 Å². The zero-order valence-electron chi connectivity index (χ0n) is 14.0. The molecule has 0 aliphatic heterocycles. The first-order valence-electron chi connectivity index (χ1n) is 7.98. The summed E-state index contributed by atoms with van der Waals surface area (Å²) in [6.07, 6.45) is 3.26. The van der Waals surface area contributed by atoms with Crippen LogP contribution < -0.4 is 16.0 Å². The summed E-state index contributed by atoms with van der Waals surface area (Å²) < 4.78 is 0. The Kier molecular flexibility index (Phi) is 6.76. The maximum Gasteiger partial charge on any atom is 0.246 e. The summed E-state index contributed by atoms with van der Waals surface area (Å²) in [5.74, 6) is 0.419. The van der Waals surface area contributed by atoms with Gasteiger partial charge in [-0.3, -0.25) is 9.78 Å². The van der Waals surface area contributed by atoms with Gasteiger partial charge in [-0.15, -0.1) is 0 Å². The van der Waals surface area contributed by atoms with Gasteiger partial charge in [0.15, 0.2) is 5.96 Å². The molecule has 0 aliphatic carbocycles. The smallest absolute Gasteiger partial charge is 0.246 e. The van der Waals surface area contributed by atoms with Crippen molar-refractivity contribution in [3.8, 4) is 0 Å². The highest BCUT2D eigenvalue weighted by molar-refractivity contribution is 5.93. The molecule has 2 aromatic rings. The molecule has 1 heterocycles. The Labute approximate surface area is 142 Å². The minimum Gasteiger partial charge on any atom is -0.357 e. The molecule has 0 saturated carbocycles. The van der Waals surface area contributed by atoms with Crippen molar-refractivity contribution in [2.45, 2.75) is 19.9 Å². The molecule has 1 amide bonds. The Morgan fingerprint density at radius 2 is 2.00 bits per heavy atom. The number of amides is 1. The van der Waals surface area contributed by atoms with Gasteiger partial charge in [0.05, 0.1) is 17.9 Å². The van der Waals surface area contributed by atoms with Crippen molar-refractivity contribution in [1.29, 1.82) is 0 Å². The summed E-state index contributed by atoms with van der Waals surface area (Å²) in [6.45, 7) is 4.79. The van der Waals surface area contributed by atoms with E-state index in [0.717, 1.165) is 12.1 Å². The normalized spacial score (nSPS) is 12.3. The number of benzene rings is 1. The van der Waals surface area contributed by atoms with Crippen LogP contribution >= 0.6 is 0 Å². The summed E-state index contributed by atoms with van der Waals surface area (Å²) in [5, 5.41) is 9.21. The minimum absolute atomic E-state index is 0.0335. The molecule has 0 bridgehead atoms. The van der Waals surface area contributed by atoms with Gasteiger partial charge in [0.2, 0.25) is 5.91 Å². The number of nitrogens with one attached hydrogen (secondary N) is 3. The summed E-state index contributed by atoms with van der Waals surface area (Å²) in [6, 6.07) is 13.7. The average molecular weight is 325 g/mol. The van der Waals surface area contributed by atoms with Crippen molar-refractivity contribution >= 4 is 17.6 Å². The van der Waals surface area contributed by atoms with E-state index < -0.39 is 0 Å².